The SMILES string of the molecule is CC(C)(C)c1ccc(S([NH])(=O)=O)cc1. The van der Waals surface area contributed by atoms with Crippen molar-refractivity contribution in [3.05, 3.63) is 29.8 Å². The molecule has 1 rings (SSSR count). The fraction of sp³-hybridized carbons (Fsp3) is 0.400. The molecular weight excluding hydrogens is 198 g/mol. The van der Waals surface area contributed by atoms with Crippen molar-refractivity contribution in [2.75, 3.05) is 0 Å². The zero-order valence-electron chi connectivity index (χ0n) is 8.53. The van der Waals surface area contributed by atoms with Gasteiger partial charge in [0.05, 0.1) is 4.90 Å². The number of hydrogen-bond donors (Lipinski definition) is 0. The van der Waals surface area contributed by atoms with E-state index in [9.17, 15) is 8.42 Å². The van der Waals surface area contributed by atoms with Crippen LogP contribution in [-0.4, -0.2) is 8.42 Å². The monoisotopic (exact) mass is 212 g/mol. The first-order chi connectivity index (χ1) is 6.21. The summed E-state index contributed by atoms with van der Waals surface area (Å²) < 4.78 is 21.7. The van der Waals surface area contributed by atoms with Gasteiger partial charge >= 0.3 is 0 Å². The molecule has 1 aromatic carbocycles. The Morgan fingerprint density at radius 1 is 1.07 bits per heavy atom. The highest BCUT2D eigenvalue weighted by molar-refractivity contribution is 7.88. The van der Waals surface area contributed by atoms with Crippen LogP contribution in [-0.2, 0) is 15.4 Å². The molecule has 0 aliphatic heterocycles. The standard InChI is InChI=1S/C10H14NO2S/c1-10(2,3)8-4-6-9(7-5-8)14(11,12)13/h4-7,11H,1-3H3. The second kappa shape index (κ2) is 3.37. The molecule has 0 saturated heterocycles. The van der Waals surface area contributed by atoms with Crippen molar-refractivity contribution in [1.82, 2.24) is 5.14 Å². The van der Waals surface area contributed by atoms with E-state index in [-0.39, 0.29) is 10.3 Å². The Hall–Kier alpha value is -0.870. The highest BCUT2D eigenvalue weighted by atomic mass is 32.2. The average molecular weight is 212 g/mol. The summed E-state index contributed by atoms with van der Waals surface area (Å²) in [6, 6.07) is 6.45. The van der Waals surface area contributed by atoms with Gasteiger partial charge in [-0.05, 0) is 23.1 Å². The lowest BCUT2D eigenvalue weighted by atomic mass is 9.87. The molecular formula is C10H14NO2S. The first-order valence-electron chi connectivity index (χ1n) is 4.31. The highest BCUT2D eigenvalue weighted by Gasteiger charge is 2.15. The van der Waals surface area contributed by atoms with E-state index in [4.69, 9.17) is 5.14 Å². The maximum absolute atomic E-state index is 10.9. The predicted molar refractivity (Wildman–Crippen MR) is 55.4 cm³/mol. The summed E-state index contributed by atoms with van der Waals surface area (Å²) in [7, 11) is -3.82. The minimum absolute atomic E-state index is 0.00428. The molecule has 0 amide bonds. The van der Waals surface area contributed by atoms with E-state index < -0.39 is 10.0 Å². The molecule has 0 saturated carbocycles. The number of rotatable bonds is 1. The molecule has 0 atom stereocenters. The summed E-state index contributed by atoms with van der Waals surface area (Å²) in [4.78, 5) is 0.0468. The second-order valence-corrected chi connectivity index (χ2v) is 5.76. The van der Waals surface area contributed by atoms with E-state index in [1.165, 1.54) is 12.1 Å². The van der Waals surface area contributed by atoms with Gasteiger partial charge in [0.15, 0.2) is 0 Å². The number of benzene rings is 1. The fourth-order valence-corrected chi connectivity index (χ4v) is 1.63. The van der Waals surface area contributed by atoms with Crippen LogP contribution in [0.2, 0.25) is 0 Å². The molecule has 0 bridgehead atoms. The van der Waals surface area contributed by atoms with Gasteiger partial charge in [-0.15, -0.1) is 5.14 Å². The van der Waals surface area contributed by atoms with Gasteiger partial charge in [-0.1, -0.05) is 32.9 Å². The van der Waals surface area contributed by atoms with Crippen LogP contribution >= 0.6 is 0 Å². The van der Waals surface area contributed by atoms with E-state index >= 15 is 0 Å². The van der Waals surface area contributed by atoms with Gasteiger partial charge in [0.1, 0.15) is 0 Å². The van der Waals surface area contributed by atoms with Crippen LogP contribution in [0, 0.1) is 0 Å². The Kier molecular flexibility index (Phi) is 2.69. The summed E-state index contributed by atoms with van der Waals surface area (Å²) >= 11 is 0. The molecule has 0 unspecified atom stereocenters. The van der Waals surface area contributed by atoms with E-state index in [1.807, 2.05) is 0 Å². The fourth-order valence-electron chi connectivity index (χ4n) is 1.13. The lowest BCUT2D eigenvalue weighted by molar-refractivity contribution is 0.586. The van der Waals surface area contributed by atoms with Crippen LogP contribution in [0.15, 0.2) is 29.2 Å². The van der Waals surface area contributed by atoms with Crippen molar-refractivity contribution in [3.8, 4) is 0 Å². The van der Waals surface area contributed by atoms with E-state index in [2.05, 4.69) is 20.8 Å². The van der Waals surface area contributed by atoms with Gasteiger partial charge in [-0.2, -0.15) is 0 Å². The van der Waals surface area contributed by atoms with Crippen LogP contribution < -0.4 is 5.14 Å². The quantitative estimate of drug-likeness (QED) is 0.714. The first-order valence-corrected chi connectivity index (χ1v) is 5.80. The third kappa shape index (κ3) is 2.56. The number of sulfonamides is 1. The second-order valence-electron chi connectivity index (χ2n) is 4.28. The van der Waals surface area contributed by atoms with Crippen molar-refractivity contribution in [1.29, 1.82) is 0 Å². The van der Waals surface area contributed by atoms with E-state index in [0.29, 0.717) is 0 Å². The van der Waals surface area contributed by atoms with Gasteiger partial charge < -0.3 is 0 Å². The summed E-state index contributed by atoms with van der Waals surface area (Å²) in [5, 5.41) is 6.87. The lowest BCUT2D eigenvalue weighted by Crippen LogP contribution is -2.11. The van der Waals surface area contributed by atoms with Gasteiger partial charge in [0, 0.05) is 0 Å². The van der Waals surface area contributed by atoms with Gasteiger partial charge in [-0.3, -0.25) is 0 Å². The third-order valence-electron chi connectivity index (χ3n) is 2.03. The van der Waals surface area contributed by atoms with Crippen LogP contribution in [0.1, 0.15) is 26.3 Å². The molecule has 0 spiro atoms. The van der Waals surface area contributed by atoms with Crippen molar-refractivity contribution in [2.24, 2.45) is 0 Å². The van der Waals surface area contributed by atoms with Crippen molar-refractivity contribution in [2.45, 2.75) is 31.1 Å². The molecule has 0 aliphatic rings. The number of hydrogen-bond acceptors (Lipinski definition) is 2. The summed E-state index contributed by atoms with van der Waals surface area (Å²) in [5.41, 5.74) is 1.06. The Labute approximate surface area is 85.0 Å². The molecule has 1 aromatic rings. The van der Waals surface area contributed by atoms with Gasteiger partial charge in [0.25, 0.3) is 10.0 Å². The molecule has 1 N–H and O–H groups in total. The number of nitrogens with one attached hydrogen (secondary N) is 1. The zero-order chi connectivity index (χ0) is 11.0. The summed E-state index contributed by atoms with van der Waals surface area (Å²) in [6.45, 7) is 6.16. The largest absolute Gasteiger partial charge is 0.254 e. The summed E-state index contributed by atoms with van der Waals surface area (Å²) in [5.74, 6) is 0. The van der Waals surface area contributed by atoms with E-state index in [0.717, 1.165) is 5.56 Å². The topological polar surface area (TPSA) is 57.9 Å². The molecule has 77 valence electrons. The Morgan fingerprint density at radius 2 is 1.50 bits per heavy atom. The Balaban J connectivity index is 3.14. The van der Waals surface area contributed by atoms with Crippen LogP contribution in [0.4, 0.5) is 0 Å². The zero-order valence-corrected chi connectivity index (χ0v) is 9.35. The smallest absolute Gasteiger partial charge is 0.206 e. The normalized spacial score (nSPS) is 12.9. The average Bonchev–Trinajstić information content (AvgIpc) is 2.01. The molecule has 14 heavy (non-hydrogen) atoms. The highest BCUT2D eigenvalue weighted by Crippen LogP contribution is 2.23. The van der Waals surface area contributed by atoms with Crippen molar-refractivity contribution in [3.63, 3.8) is 0 Å². The summed E-state index contributed by atoms with van der Waals surface area (Å²) in [6.07, 6.45) is 0. The lowest BCUT2D eigenvalue weighted by Gasteiger charge is -2.18. The van der Waals surface area contributed by atoms with Crippen LogP contribution in [0.3, 0.4) is 0 Å². The molecule has 0 aromatic heterocycles. The molecule has 3 nitrogen and oxygen atoms in total. The minimum atomic E-state index is -3.82. The molecule has 4 heteroatoms. The third-order valence-corrected chi connectivity index (χ3v) is 2.92. The van der Waals surface area contributed by atoms with Crippen molar-refractivity contribution < 1.29 is 8.42 Å². The van der Waals surface area contributed by atoms with Crippen LogP contribution in [0.5, 0.6) is 0 Å². The van der Waals surface area contributed by atoms with Gasteiger partial charge in [-0.25, -0.2) is 8.42 Å². The Bertz CT molecular complexity index is 412. The predicted octanol–water partition coefficient (Wildman–Crippen LogP) is 1.96. The molecule has 1 radical (unpaired) electrons. The molecule has 0 aliphatic carbocycles. The van der Waals surface area contributed by atoms with Gasteiger partial charge in [0.2, 0.25) is 0 Å². The van der Waals surface area contributed by atoms with Crippen molar-refractivity contribution >= 4 is 10.0 Å². The molecule has 0 fully saturated rings. The first kappa shape index (κ1) is 11.2. The van der Waals surface area contributed by atoms with Crippen LogP contribution in [0.25, 0.3) is 0 Å². The van der Waals surface area contributed by atoms with E-state index in [1.54, 1.807) is 12.1 Å². The molecule has 0 heterocycles. The maximum atomic E-state index is 10.9. The Morgan fingerprint density at radius 3 is 1.79 bits per heavy atom. The minimum Gasteiger partial charge on any atom is -0.206 e. The maximum Gasteiger partial charge on any atom is 0.254 e.